The first kappa shape index (κ1) is 20.5. The third kappa shape index (κ3) is 5.00. The first-order chi connectivity index (χ1) is 13.8. The van der Waals surface area contributed by atoms with Crippen LogP contribution in [0, 0.1) is 5.82 Å². The number of anilines is 2. The monoisotopic (exact) mass is 401 g/mol. The minimum absolute atomic E-state index is 0.285. The van der Waals surface area contributed by atoms with Crippen LogP contribution in [0.3, 0.4) is 0 Å². The summed E-state index contributed by atoms with van der Waals surface area (Å²) in [4.78, 5) is 30.0. The maximum absolute atomic E-state index is 13.4. The van der Waals surface area contributed by atoms with Gasteiger partial charge in [-0.3, -0.25) is 9.59 Å². The number of hydrogen-bond acceptors (Lipinski definition) is 6. The summed E-state index contributed by atoms with van der Waals surface area (Å²) in [6.07, 6.45) is 0.713. The lowest BCUT2D eigenvalue weighted by atomic mass is 9.98. The normalized spacial score (nSPS) is 16.2. The lowest BCUT2D eigenvalue weighted by Gasteiger charge is -2.21. The Morgan fingerprint density at radius 1 is 1.28 bits per heavy atom. The molecular weight excluding hydrogens is 377 g/mol. The zero-order valence-electron chi connectivity index (χ0n) is 15.8. The quantitative estimate of drug-likeness (QED) is 0.476. The molecule has 0 radical (unpaired) electrons. The lowest BCUT2D eigenvalue weighted by Crippen LogP contribution is -2.34. The molecule has 0 saturated carbocycles. The smallest absolute Gasteiger partial charge is 0.234 e. The van der Waals surface area contributed by atoms with E-state index in [1.54, 1.807) is 24.3 Å². The first-order valence-corrected chi connectivity index (χ1v) is 9.36. The van der Waals surface area contributed by atoms with Gasteiger partial charge in [-0.1, -0.05) is 18.2 Å². The Morgan fingerprint density at radius 2 is 2.03 bits per heavy atom. The number of benzene rings is 1. The van der Waals surface area contributed by atoms with Gasteiger partial charge in [-0.25, -0.2) is 9.37 Å². The van der Waals surface area contributed by atoms with Crippen LogP contribution in [0.25, 0.3) is 0 Å². The molecule has 1 fully saturated rings. The highest BCUT2D eigenvalue weighted by Gasteiger charge is 2.29. The number of nitrogens with zero attached hydrogens (tertiary/aromatic N) is 2. The molecule has 6 N–H and O–H groups in total. The van der Waals surface area contributed by atoms with Crippen LogP contribution in [-0.2, 0) is 16.0 Å². The summed E-state index contributed by atoms with van der Waals surface area (Å²) in [6, 6.07) is 9.50. The number of amides is 2. The van der Waals surface area contributed by atoms with Crippen molar-refractivity contribution in [2.45, 2.75) is 24.9 Å². The minimum atomic E-state index is -1.32. The van der Waals surface area contributed by atoms with Crippen molar-refractivity contribution in [2.24, 2.45) is 11.5 Å². The van der Waals surface area contributed by atoms with Crippen molar-refractivity contribution >= 4 is 23.5 Å². The average Bonchev–Trinajstić information content (AvgIpc) is 3.09. The molecular formula is C20H24FN5O3. The molecule has 1 aromatic carbocycles. The number of rotatable bonds is 8. The number of aromatic nitrogens is 1. The molecule has 0 unspecified atom stereocenters. The highest BCUT2D eigenvalue weighted by atomic mass is 19.1. The summed E-state index contributed by atoms with van der Waals surface area (Å²) in [5.41, 5.74) is 11.8. The van der Waals surface area contributed by atoms with Gasteiger partial charge >= 0.3 is 0 Å². The van der Waals surface area contributed by atoms with E-state index < -0.39 is 23.8 Å². The van der Waals surface area contributed by atoms with Crippen LogP contribution >= 0.6 is 0 Å². The molecule has 8 nitrogen and oxygen atoms in total. The van der Waals surface area contributed by atoms with E-state index in [1.807, 2.05) is 4.90 Å². The van der Waals surface area contributed by atoms with Crippen LogP contribution in [0.5, 0.6) is 0 Å². The molecule has 0 aliphatic carbocycles. The van der Waals surface area contributed by atoms with Crippen molar-refractivity contribution in [2.75, 3.05) is 29.9 Å². The van der Waals surface area contributed by atoms with Gasteiger partial charge in [0.05, 0.1) is 6.10 Å². The Labute approximate surface area is 167 Å². The minimum Gasteiger partial charge on any atom is -0.391 e. The number of β-amino-alcohol motifs (C(OH)–C–C–N with tert-alkyl or cyclic N) is 1. The number of nitrogens with one attached hydrogen (secondary N) is 1. The number of hydrogen-bond donors (Lipinski definition) is 4. The molecule has 1 aromatic heterocycles. The van der Waals surface area contributed by atoms with Crippen LogP contribution in [0.2, 0.25) is 0 Å². The third-order valence-electron chi connectivity index (χ3n) is 4.87. The molecule has 2 aromatic rings. The molecule has 1 saturated heterocycles. The van der Waals surface area contributed by atoms with E-state index in [0.717, 1.165) is 5.56 Å². The third-order valence-corrected chi connectivity index (χ3v) is 4.87. The Bertz CT molecular complexity index is 893. The van der Waals surface area contributed by atoms with E-state index in [9.17, 15) is 19.1 Å². The lowest BCUT2D eigenvalue weighted by molar-refractivity contribution is -0.128. The summed E-state index contributed by atoms with van der Waals surface area (Å²) in [5, 5.41) is 12.9. The van der Waals surface area contributed by atoms with Crippen LogP contribution < -0.4 is 21.7 Å². The van der Waals surface area contributed by atoms with E-state index in [0.29, 0.717) is 44.1 Å². The molecule has 0 spiro atoms. The predicted molar refractivity (Wildman–Crippen MR) is 107 cm³/mol. The fourth-order valence-electron chi connectivity index (χ4n) is 3.42. The molecule has 3 rings (SSSR count). The topological polar surface area (TPSA) is 135 Å². The van der Waals surface area contributed by atoms with E-state index in [4.69, 9.17) is 11.5 Å². The van der Waals surface area contributed by atoms with Crippen molar-refractivity contribution in [3.63, 3.8) is 0 Å². The van der Waals surface area contributed by atoms with E-state index in [-0.39, 0.29) is 11.4 Å². The van der Waals surface area contributed by atoms with Gasteiger partial charge in [-0.15, -0.1) is 0 Å². The number of carbonyl (C=O) groups excluding carboxylic acids is 2. The number of aliphatic hydroxyl groups is 1. The summed E-state index contributed by atoms with van der Waals surface area (Å²) < 4.78 is 13.4. The van der Waals surface area contributed by atoms with Gasteiger partial charge in [-0.05, 0) is 36.6 Å². The maximum Gasteiger partial charge on any atom is 0.234 e. The number of nitrogens with two attached hydrogens (primary N) is 2. The summed E-state index contributed by atoms with van der Waals surface area (Å²) in [7, 11) is 0. The Morgan fingerprint density at radius 3 is 2.66 bits per heavy atom. The highest BCUT2D eigenvalue weighted by molar-refractivity contribution is 6.05. The first-order valence-electron chi connectivity index (χ1n) is 9.36. The maximum atomic E-state index is 13.4. The number of aliphatic hydroxyl groups excluding tert-OH is 1. The molecule has 1 atom stereocenters. The number of halogens is 1. The summed E-state index contributed by atoms with van der Waals surface area (Å²) in [5.74, 6) is -2.46. The SMILES string of the molecule is NC(=O)C(C(N)=O)c1ccc(N2CC[C@@H](O)C2)nc1NCCc1cccc(F)c1. The van der Waals surface area contributed by atoms with Gasteiger partial charge in [0.25, 0.3) is 0 Å². The van der Waals surface area contributed by atoms with Crippen molar-refractivity contribution in [1.29, 1.82) is 0 Å². The van der Waals surface area contributed by atoms with E-state index in [2.05, 4.69) is 10.3 Å². The summed E-state index contributed by atoms with van der Waals surface area (Å²) >= 11 is 0. The molecule has 1 aliphatic heterocycles. The van der Waals surface area contributed by atoms with Crippen molar-refractivity contribution in [3.05, 3.63) is 53.3 Å². The standard InChI is InChI=1S/C20H24FN5O3/c21-13-3-1-2-12(10-13)6-8-24-20-15(17(18(22)28)19(23)29)4-5-16(25-20)26-9-7-14(27)11-26/h1-5,10,14,17,27H,6-9,11H2,(H2,22,28)(H2,23,29)(H,24,25)/t14-/m1/s1. The number of pyridine rings is 1. The fraction of sp³-hybridized carbons (Fsp3) is 0.350. The molecule has 1 aliphatic rings. The van der Waals surface area contributed by atoms with Crippen LogP contribution in [-0.4, -0.2) is 47.6 Å². The van der Waals surface area contributed by atoms with Gasteiger partial charge < -0.3 is 26.8 Å². The van der Waals surface area contributed by atoms with Gasteiger partial charge in [0.15, 0.2) is 0 Å². The van der Waals surface area contributed by atoms with Crippen molar-refractivity contribution in [1.82, 2.24) is 4.98 Å². The second-order valence-electron chi connectivity index (χ2n) is 7.04. The number of carbonyl (C=O) groups is 2. The van der Waals surface area contributed by atoms with Crippen molar-refractivity contribution in [3.8, 4) is 0 Å². The highest BCUT2D eigenvalue weighted by Crippen LogP contribution is 2.28. The summed E-state index contributed by atoms with van der Waals surface area (Å²) in [6.45, 7) is 1.48. The van der Waals surface area contributed by atoms with Crippen LogP contribution in [0.15, 0.2) is 36.4 Å². The Hall–Kier alpha value is -3.20. The van der Waals surface area contributed by atoms with Gasteiger partial charge in [0.1, 0.15) is 23.4 Å². The Kier molecular flexibility index (Phi) is 6.28. The zero-order valence-corrected chi connectivity index (χ0v) is 15.8. The van der Waals surface area contributed by atoms with Crippen LogP contribution in [0.1, 0.15) is 23.5 Å². The van der Waals surface area contributed by atoms with Crippen LogP contribution in [0.4, 0.5) is 16.0 Å². The predicted octanol–water partition coefficient (Wildman–Crippen LogP) is 0.501. The Balaban J connectivity index is 1.85. The van der Waals surface area contributed by atoms with Gasteiger partial charge in [0, 0.05) is 25.2 Å². The second-order valence-corrected chi connectivity index (χ2v) is 7.04. The largest absolute Gasteiger partial charge is 0.391 e. The molecule has 9 heteroatoms. The molecule has 154 valence electrons. The molecule has 29 heavy (non-hydrogen) atoms. The fourth-order valence-corrected chi connectivity index (χ4v) is 3.42. The average molecular weight is 401 g/mol. The molecule has 0 bridgehead atoms. The number of primary amides is 2. The van der Waals surface area contributed by atoms with Crippen molar-refractivity contribution < 1.29 is 19.1 Å². The van der Waals surface area contributed by atoms with Gasteiger partial charge in [-0.2, -0.15) is 0 Å². The van der Waals surface area contributed by atoms with Gasteiger partial charge in [0.2, 0.25) is 11.8 Å². The van der Waals surface area contributed by atoms with E-state index >= 15 is 0 Å². The molecule has 2 heterocycles. The van der Waals surface area contributed by atoms with E-state index in [1.165, 1.54) is 12.1 Å². The zero-order chi connectivity index (χ0) is 21.0. The molecule has 2 amide bonds. The second kappa shape index (κ2) is 8.87.